The van der Waals surface area contributed by atoms with Crippen LogP contribution >= 0.6 is 11.6 Å². The van der Waals surface area contributed by atoms with E-state index in [2.05, 4.69) is 4.74 Å². The minimum atomic E-state index is -4.86. The highest BCUT2D eigenvalue weighted by Gasteiger charge is 2.32. The van der Waals surface area contributed by atoms with Gasteiger partial charge in [0.1, 0.15) is 11.8 Å². The third-order valence-electron chi connectivity index (χ3n) is 1.81. The SMILES string of the molecule is N[C@H](C(=O)O)c1ccc(OC(F)(F)F)c(Cl)c1. The maximum Gasteiger partial charge on any atom is 0.573 e. The van der Waals surface area contributed by atoms with E-state index in [1.165, 1.54) is 0 Å². The zero-order valence-corrected chi connectivity index (χ0v) is 8.92. The fourth-order valence-corrected chi connectivity index (χ4v) is 1.29. The molecular formula is C9H7ClF3NO3. The van der Waals surface area contributed by atoms with Gasteiger partial charge in [0.05, 0.1) is 5.02 Å². The normalized spacial score (nSPS) is 13.2. The molecule has 0 amide bonds. The number of carbonyl (C=O) groups is 1. The number of carboxylic acid groups (broad SMARTS) is 1. The van der Waals surface area contributed by atoms with Crippen LogP contribution in [0.1, 0.15) is 11.6 Å². The molecule has 1 atom stereocenters. The number of carboxylic acids is 1. The fraction of sp³-hybridized carbons (Fsp3) is 0.222. The number of hydrogen-bond donors (Lipinski definition) is 2. The van der Waals surface area contributed by atoms with Crippen LogP contribution in [0.5, 0.6) is 5.75 Å². The second kappa shape index (κ2) is 4.80. The summed E-state index contributed by atoms with van der Waals surface area (Å²) < 4.78 is 39.3. The van der Waals surface area contributed by atoms with E-state index in [1.54, 1.807) is 0 Å². The molecule has 0 aliphatic heterocycles. The van der Waals surface area contributed by atoms with E-state index in [4.69, 9.17) is 22.4 Å². The van der Waals surface area contributed by atoms with Crippen molar-refractivity contribution >= 4 is 17.6 Å². The second-order valence-electron chi connectivity index (χ2n) is 3.05. The highest BCUT2D eigenvalue weighted by Crippen LogP contribution is 2.31. The predicted octanol–water partition coefficient (Wildman–Crippen LogP) is 2.32. The van der Waals surface area contributed by atoms with Crippen molar-refractivity contribution in [3.05, 3.63) is 28.8 Å². The number of rotatable bonds is 3. The van der Waals surface area contributed by atoms with E-state index in [1.807, 2.05) is 0 Å². The minimum absolute atomic E-state index is 0.0806. The minimum Gasteiger partial charge on any atom is -0.480 e. The maximum atomic E-state index is 11.9. The molecule has 0 unspecified atom stereocenters. The molecule has 0 saturated heterocycles. The van der Waals surface area contributed by atoms with Gasteiger partial charge in [0.15, 0.2) is 0 Å². The number of alkyl halides is 3. The van der Waals surface area contributed by atoms with Crippen molar-refractivity contribution in [1.29, 1.82) is 0 Å². The van der Waals surface area contributed by atoms with E-state index in [9.17, 15) is 18.0 Å². The van der Waals surface area contributed by atoms with Gasteiger partial charge in [-0.25, -0.2) is 0 Å². The third-order valence-corrected chi connectivity index (χ3v) is 2.10. The van der Waals surface area contributed by atoms with Crippen LogP contribution in [0, 0.1) is 0 Å². The van der Waals surface area contributed by atoms with Gasteiger partial charge in [-0.1, -0.05) is 17.7 Å². The molecule has 0 fully saturated rings. The Labute approximate surface area is 98.7 Å². The highest BCUT2D eigenvalue weighted by molar-refractivity contribution is 6.32. The molecule has 1 rings (SSSR count). The Kier molecular flexibility index (Phi) is 3.84. The molecule has 1 aromatic carbocycles. The first kappa shape index (κ1) is 13.6. The summed E-state index contributed by atoms with van der Waals surface area (Å²) in [5.41, 5.74) is 5.34. The van der Waals surface area contributed by atoms with Crippen molar-refractivity contribution in [2.75, 3.05) is 0 Å². The predicted molar refractivity (Wildman–Crippen MR) is 52.7 cm³/mol. The van der Waals surface area contributed by atoms with Gasteiger partial charge in [0, 0.05) is 0 Å². The number of aliphatic carboxylic acids is 1. The van der Waals surface area contributed by atoms with Crippen LogP contribution in [0.15, 0.2) is 18.2 Å². The quantitative estimate of drug-likeness (QED) is 0.883. The molecule has 0 aliphatic rings. The Bertz CT molecular complexity index is 436. The molecule has 0 bridgehead atoms. The van der Waals surface area contributed by atoms with Crippen molar-refractivity contribution in [3.8, 4) is 5.75 Å². The summed E-state index contributed by atoms with van der Waals surface area (Å²) in [5, 5.41) is 8.24. The van der Waals surface area contributed by atoms with Gasteiger partial charge in [0.25, 0.3) is 0 Å². The Hall–Kier alpha value is -1.47. The topological polar surface area (TPSA) is 72.6 Å². The van der Waals surface area contributed by atoms with Crippen LogP contribution in [0.25, 0.3) is 0 Å². The molecular weight excluding hydrogens is 263 g/mol. The van der Waals surface area contributed by atoms with Crippen LogP contribution in [0.3, 0.4) is 0 Å². The molecule has 0 heterocycles. The third kappa shape index (κ3) is 3.79. The number of ether oxygens (including phenoxy) is 1. The molecule has 0 saturated carbocycles. The van der Waals surface area contributed by atoms with Crippen LogP contribution < -0.4 is 10.5 Å². The standard InChI is InChI=1S/C9H7ClF3NO3/c10-5-3-4(7(14)8(15)16)1-2-6(5)17-9(11,12)13/h1-3,7H,14H2,(H,15,16)/t7-/m0/s1. The van der Waals surface area contributed by atoms with Gasteiger partial charge in [-0.3, -0.25) is 4.79 Å². The summed E-state index contributed by atoms with van der Waals surface area (Å²) in [6.07, 6.45) is -4.86. The van der Waals surface area contributed by atoms with E-state index in [0.29, 0.717) is 0 Å². The first-order chi connectivity index (χ1) is 7.70. The van der Waals surface area contributed by atoms with Crippen LogP contribution in [0.4, 0.5) is 13.2 Å². The van der Waals surface area contributed by atoms with Crippen molar-refractivity contribution < 1.29 is 27.8 Å². The first-order valence-electron chi connectivity index (χ1n) is 4.24. The summed E-state index contributed by atoms with van der Waals surface area (Å²) in [5.74, 6) is -1.92. The lowest BCUT2D eigenvalue weighted by molar-refractivity contribution is -0.274. The number of benzene rings is 1. The highest BCUT2D eigenvalue weighted by atomic mass is 35.5. The lowest BCUT2D eigenvalue weighted by Crippen LogP contribution is -2.21. The van der Waals surface area contributed by atoms with E-state index in [-0.39, 0.29) is 10.6 Å². The molecule has 8 heteroatoms. The smallest absolute Gasteiger partial charge is 0.480 e. The Morgan fingerprint density at radius 1 is 1.47 bits per heavy atom. The average Bonchev–Trinajstić information content (AvgIpc) is 2.18. The van der Waals surface area contributed by atoms with Gasteiger partial charge in [-0.2, -0.15) is 0 Å². The zero-order valence-electron chi connectivity index (χ0n) is 8.16. The molecule has 0 aromatic heterocycles. The van der Waals surface area contributed by atoms with Gasteiger partial charge in [0.2, 0.25) is 0 Å². The number of hydrogen-bond acceptors (Lipinski definition) is 3. The largest absolute Gasteiger partial charge is 0.573 e. The van der Waals surface area contributed by atoms with Crippen LogP contribution in [0.2, 0.25) is 5.02 Å². The monoisotopic (exact) mass is 269 g/mol. The van der Waals surface area contributed by atoms with Gasteiger partial charge in [-0.05, 0) is 17.7 Å². The van der Waals surface area contributed by atoms with E-state index in [0.717, 1.165) is 18.2 Å². The summed E-state index contributed by atoms with van der Waals surface area (Å²) in [7, 11) is 0. The van der Waals surface area contributed by atoms with Crippen molar-refractivity contribution in [2.24, 2.45) is 5.73 Å². The molecule has 17 heavy (non-hydrogen) atoms. The molecule has 0 radical (unpaired) electrons. The lowest BCUT2D eigenvalue weighted by Gasteiger charge is -2.12. The van der Waals surface area contributed by atoms with E-state index >= 15 is 0 Å². The second-order valence-corrected chi connectivity index (χ2v) is 3.46. The van der Waals surface area contributed by atoms with Gasteiger partial charge >= 0.3 is 12.3 Å². The molecule has 3 N–H and O–H groups in total. The molecule has 1 aromatic rings. The number of nitrogens with two attached hydrogens (primary N) is 1. The molecule has 4 nitrogen and oxygen atoms in total. The first-order valence-corrected chi connectivity index (χ1v) is 4.62. The summed E-state index contributed by atoms with van der Waals surface area (Å²) in [4.78, 5) is 10.5. The zero-order chi connectivity index (χ0) is 13.2. The Morgan fingerprint density at radius 3 is 2.47 bits per heavy atom. The maximum absolute atomic E-state index is 11.9. The summed E-state index contributed by atoms with van der Waals surface area (Å²) in [6.45, 7) is 0. The summed E-state index contributed by atoms with van der Waals surface area (Å²) >= 11 is 5.51. The fourth-order valence-electron chi connectivity index (χ4n) is 1.06. The van der Waals surface area contributed by atoms with Crippen LogP contribution in [-0.4, -0.2) is 17.4 Å². The molecule has 0 spiro atoms. The Balaban J connectivity index is 2.98. The van der Waals surface area contributed by atoms with Gasteiger partial charge in [-0.15, -0.1) is 13.2 Å². The van der Waals surface area contributed by atoms with Crippen molar-refractivity contribution in [3.63, 3.8) is 0 Å². The van der Waals surface area contributed by atoms with E-state index < -0.39 is 24.1 Å². The van der Waals surface area contributed by atoms with Gasteiger partial charge < -0.3 is 15.6 Å². The van der Waals surface area contributed by atoms with Crippen molar-refractivity contribution in [1.82, 2.24) is 0 Å². The van der Waals surface area contributed by atoms with Crippen molar-refractivity contribution in [2.45, 2.75) is 12.4 Å². The summed E-state index contributed by atoms with van der Waals surface area (Å²) in [6, 6.07) is 1.67. The Morgan fingerprint density at radius 2 is 2.06 bits per heavy atom. The number of halogens is 4. The molecule has 94 valence electrons. The lowest BCUT2D eigenvalue weighted by atomic mass is 10.1. The average molecular weight is 270 g/mol. The molecule has 0 aliphatic carbocycles. The van der Waals surface area contributed by atoms with Crippen LogP contribution in [-0.2, 0) is 4.79 Å².